The fraction of sp³-hybridized carbons (Fsp3) is 0.462. The van der Waals surface area contributed by atoms with Crippen molar-refractivity contribution in [1.29, 1.82) is 0 Å². The van der Waals surface area contributed by atoms with Gasteiger partial charge in [-0.15, -0.1) is 0 Å². The fourth-order valence-electron chi connectivity index (χ4n) is 1.43. The zero-order chi connectivity index (χ0) is 10.8. The Bertz CT molecular complexity index is 337. The molecule has 0 heterocycles. The topological polar surface area (TPSA) is 17.1 Å². The van der Waals surface area contributed by atoms with Gasteiger partial charge in [-0.1, -0.05) is 39.0 Å². The maximum atomic E-state index is 10.7. The molecule has 14 heavy (non-hydrogen) atoms. The van der Waals surface area contributed by atoms with Crippen LogP contribution in [0.4, 0.5) is 0 Å². The first-order chi connectivity index (χ1) is 6.51. The summed E-state index contributed by atoms with van der Waals surface area (Å²) in [6.45, 7) is 8.62. The highest BCUT2D eigenvalue weighted by molar-refractivity contribution is 5.77. The van der Waals surface area contributed by atoms with Crippen LogP contribution in [0, 0.1) is 6.92 Å². The highest BCUT2D eigenvalue weighted by Gasteiger charge is 2.18. The van der Waals surface area contributed by atoms with Crippen molar-refractivity contribution in [2.45, 2.75) is 39.5 Å². The summed E-state index contributed by atoms with van der Waals surface area (Å²) >= 11 is 0. The third kappa shape index (κ3) is 2.03. The molecule has 1 aromatic rings. The number of rotatable bonds is 3. The van der Waals surface area contributed by atoms with Crippen molar-refractivity contribution >= 4 is 6.29 Å². The van der Waals surface area contributed by atoms with Crippen LogP contribution in [0.1, 0.15) is 48.7 Å². The molecule has 0 fully saturated rings. The third-order valence-electron chi connectivity index (χ3n) is 3.06. The molecule has 1 rings (SSSR count). The molecule has 76 valence electrons. The number of aldehydes is 1. The molecule has 1 heteroatoms. The number of benzene rings is 1. The van der Waals surface area contributed by atoms with Crippen LogP contribution in [-0.4, -0.2) is 6.29 Å². The molecule has 0 atom stereocenters. The minimum Gasteiger partial charge on any atom is -0.298 e. The van der Waals surface area contributed by atoms with E-state index in [1.54, 1.807) is 0 Å². The number of carbonyl (C=O) groups is 1. The van der Waals surface area contributed by atoms with Gasteiger partial charge in [-0.2, -0.15) is 0 Å². The monoisotopic (exact) mass is 190 g/mol. The van der Waals surface area contributed by atoms with Crippen LogP contribution >= 0.6 is 0 Å². The van der Waals surface area contributed by atoms with E-state index >= 15 is 0 Å². The van der Waals surface area contributed by atoms with Gasteiger partial charge in [0.05, 0.1) is 0 Å². The second-order valence-corrected chi connectivity index (χ2v) is 4.43. The first kappa shape index (κ1) is 11.0. The number of aryl methyl sites for hydroxylation is 1. The lowest BCUT2D eigenvalue weighted by molar-refractivity contribution is 0.112. The van der Waals surface area contributed by atoms with Gasteiger partial charge in [-0.25, -0.2) is 0 Å². The van der Waals surface area contributed by atoms with E-state index in [1.807, 2.05) is 13.0 Å². The molecule has 0 spiro atoms. The molecule has 0 saturated heterocycles. The van der Waals surface area contributed by atoms with Crippen LogP contribution in [0.5, 0.6) is 0 Å². The summed E-state index contributed by atoms with van der Waals surface area (Å²) in [5, 5.41) is 0. The van der Waals surface area contributed by atoms with Crippen LogP contribution in [0.3, 0.4) is 0 Å². The van der Waals surface area contributed by atoms with Crippen molar-refractivity contribution in [1.82, 2.24) is 0 Å². The Hall–Kier alpha value is -1.11. The van der Waals surface area contributed by atoms with Crippen LogP contribution in [0.25, 0.3) is 0 Å². The summed E-state index contributed by atoms with van der Waals surface area (Å²) in [6, 6.07) is 6.09. The van der Waals surface area contributed by atoms with E-state index in [-0.39, 0.29) is 5.41 Å². The summed E-state index contributed by atoms with van der Waals surface area (Å²) in [4.78, 5) is 10.7. The Morgan fingerprint density at radius 1 is 1.36 bits per heavy atom. The van der Waals surface area contributed by atoms with Gasteiger partial charge in [0.15, 0.2) is 0 Å². The molecule has 0 aliphatic heterocycles. The third-order valence-corrected chi connectivity index (χ3v) is 3.06. The average Bonchev–Trinajstić information content (AvgIpc) is 2.17. The van der Waals surface area contributed by atoms with Gasteiger partial charge in [-0.3, -0.25) is 4.79 Å². The lowest BCUT2D eigenvalue weighted by Gasteiger charge is -2.23. The number of carbonyl (C=O) groups excluding carboxylic acids is 1. The van der Waals surface area contributed by atoms with E-state index in [2.05, 4.69) is 32.9 Å². The molecular formula is C13H18O. The second kappa shape index (κ2) is 3.95. The molecule has 0 bridgehead atoms. The Morgan fingerprint density at radius 2 is 2.00 bits per heavy atom. The van der Waals surface area contributed by atoms with E-state index in [0.29, 0.717) is 0 Å². The van der Waals surface area contributed by atoms with Gasteiger partial charge in [0.1, 0.15) is 6.29 Å². The van der Waals surface area contributed by atoms with Crippen LogP contribution < -0.4 is 0 Å². The van der Waals surface area contributed by atoms with Crippen molar-refractivity contribution in [2.24, 2.45) is 0 Å². The molecule has 0 aliphatic carbocycles. The molecular weight excluding hydrogens is 172 g/mol. The van der Waals surface area contributed by atoms with Gasteiger partial charge in [0.2, 0.25) is 0 Å². The zero-order valence-electron chi connectivity index (χ0n) is 9.42. The molecule has 0 aromatic heterocycles. The summed E-state index contributed by atoms with van der Waals surface area (Å²) in [6.07, 6.45) is 2.02. The van der Waals surface area contributed by atoms with Gasteiger partial charge < -0.3 is 0 Å². The number of hydrogen-bond acceptors (Lipinski definition) is 1. The van der Waals surface area contributed by atoms with Gasteiger partial charge >= 0.3 is 0 Å². The Kier molecular flexibility index (Phi) is 3.10. The van der Waals surface area contributed by atoms with Gasteiger partial charge in [0, 0.05) is 5.56 Å². The van der Waals surface area contributed by atoms with Crippen molar-refractivity contribution in [2.75, 3.05) is 0 Å². The molecule has 0 aliphatic rings. The van der Waals surface area contributed by atoms with E-state index in [4.69, 9.17) is 0 Å². The predicted octanol–water partition coefficient (Wildman–Crippen LogP) is 3.50. The van der Waals surface area contributed by atoms with E-state index < -0.39 is 0 Å². The van der Waals surface area contributed by atoms with E-state index in [1.165, 1.54) is 5.56 Å². The van der Waals surface area contributed by atoms with Crippen molar-refractivity contribution in [3.8, 4) is 0 Å². The van der Waals surface area contributed by atoms with Crippen LogP contribution in [0.15, 0.2) is 18.2 Å². The maximum absolute atomic E-state index is 10.7. The second-order valence-electron chi connectivity index (χ2n) is 4.43. The summed E-state index contributed by atoms with van der Waals surface area (Å²) in [5.41, 5.74) is 3.37. The molecule has 1 nitrogen and oxygen atoms in total. The molecule has 0 radical (unpaired) electrons. The highest BCUT2D eigenvalue weighted by Crippen LogP contribution is 2.27. The van der Waals surface area contributed by atoms with Crippen molar-refractivity contribution < 1.29 is 4.79 Å². The quantitative estimate of drug-likeness (QED) is 0.667. The lowest BCUT2D eigenvalue weighted by Crippen LogP contribution is -2.15. The van der Waals surface area contributed by atoms with Crippen LogP contribution in [-0.2, 0) is 5.41 Å². The summed E-state index contributed by atoms with van der Waals surface area (Å²) < 4.78 is 0. The largest absolute Gasteiger partial charge is 0.298 e. The highest BCUT2D eigenvalue weighted by atomic mass is 16.1. The fourth-order valence-corrected chi connectivity index (χ4v) is 1.43. The minimum absolute atomic E-state index is 0.201. The molecule has 0 unspecified atom stereocenters. The summed E-state index contributed by atoms with van der Waals surface area (Å²) in [7, 11) is 0. The Balaban J connectivity index is 3.14. The smallest absolute Gasteiger partial charge is 0.150 e. The zero-order valence-corrected chi connectivity index (χ0v) is 9.42. The van der Waals surface area contributed by atoms with Crippen LogP contribution in [0.2, 0.25) is 0 Å². The van der Waals surface area contributed by atoms with Gasteiger partial charge in [-0.05, 0) is 29.9 Å². The molecule has 0 N–H and O–H groups in total. The minimum atomic E-state index is 0.201. The normalized spacial score (nSPS) is 11.4. The standard InChI is InChI=1S/C13H18O/c1-5-13(3,4)12-7-6-11(9-14)10(2)8-12/h6-9H,5H2,1-4H3. The SMILES string of the molecule is CCC(C)(C)c1ccc(C=O)c(C)c1. The predicted molar refractivity (Wildman–Crippen MR) is 59.9 cm³/mol. The van der Waals surface area contributed by atoms with E-state index in [0.717, 1.165) is 23.8 Å². The van der Waals surface area contributed by atoms with Gasteiger partial charge in [0.25, 0.3) is 0 Å². The number of hydrogen-bond donors (Lipinski definition) is 0. The lowest BCUT2D eigenvalue weighted by atomic mass is 9.81. The molecule has 0 saturated carbocycles. The maximum Gasteiger partial charge on any atom is 0.150 e. The first-order valence-corrected chi connectivity index (χ1v) is 5.07. The molecule has 1 aromatic carbocycles. The average molecular weight is 190 g/mol. The van der Waals surface area contributed by atoms with Crippen molar-refractivity contribution in [3.63, 3.8) is 0 Å². The molecule has 0 amide bonds. The summed E-state index contributed by atoms with van der Waals surface area (Å²) in [5.74, 6) is 0. The van der Waals surface area contributed by atoms with Crippen molar-refractivity contribution in [3.05, 3.63) is 34.9 Å². The van der Waals surface area contributed by atoms with E-state index in [9.17, 15) is 4.79 Å². The Morgan fingerprint density at radius 3 is 2.43 bits per heavy atom. The Labute approximate surface area is 86.1 Å². The first-order valence-electron chi connectivity index (χ1n) is 5.07.